The van der Waals surface area contributed by atoms with Crippen LogP contribution in [0.2, 0.25) is 0 Å². The van der Waals surface area contributed by atoms with Crippen molar-refractivity contribution < 1.29 is 9.53 Å². The molecule has 1 aromatic carbocycles. The van der Waals surface area contributed by atoms with Crippen molar-refractivity contribution in [2.45, 2.75) is 57.2 Å². The Morgan fingerprint density at radius 3 is 2.59 bits per heavy atom. The van der Waals surface area contributed by atoms with Gasteiger partial charge in [-0.05, 0) is 80.4 Å². The number of ether oxygens (including phenoxy) is 1. The van der Waals surface area contributed by atoms with Gasteiger partial charge in [-0.2, -0.15) is 0 Å². The first kappa shape index (κ1) is 16.2. The Bertz CT molecular complexity index is 543. The van der Waals surface area contributed by atoms with Crippen LogP contribution in [0, 0.1) is 9.49 Å². The molecule has 0 aliphatic carbocycles. The summed E-state index contributed by atoms with van der Waals surface area (Å²) < 4.78 is 6.83. The van der Waals surface area contributed by atoms with E-state index in [0.717, 1.165) is 12.8 Å². The second kappa shape index (κ2) is 6.48. The van der Waals surface area contributed by atoms with Crippen LogP contribution in [0.15, 0.2) is 24.3 Å². The molecule has 3 rings (SSSR count). The number of hydrogen-bond acceptors (Lipinski definition) is 3. The van der Waals surface area contributed by atoms with E-state index in [1.165, 1.54) is 15.6 Å². The predicted octanol–water partition coefficient (Wildman–Crippen LogP) is 3.81. The van der Waals surface area contributed by atoms with Gasteiger partial charge < -0.3 is 4.74 Å². The molecule has 2 aliphatic rings. The lowest BCUT2D eigenvalue weighted by molar-refractivity contribution is -0.157. The van der Waals surface area contributed by atoms with E-state index in [0.29, 0.717) is 12.1 Å². The number of piperidine rings is 1. The summed E-state index contributed by atoms with van der Waals surface area (Å²) in [5, 5.41) is 0. The minimum absolute atomic E-state index is 0.0178. The molecule has 0 aromatic heterocycles. The lowest BCUT2D eigenvalue weighted by atomic mass is 9.76. The van der Waals surface area contributed by atoms with E-state index in [2.05, 4.69) is 58.8 Å². The van der Waals surface area contributed by atoms with Gasteiger partial charge in [-0.25, -0.2) is 0 Å². The van der Waals surface area contributed by atoms with Crippen LogP contribution in [-0.2, 0) is 9.53 Å². The minimum Gasteiger partial charge on any atom is -0.463 e. The van der Waals surface area contributed by atoms with Crippen molar-refractivity contribution in [2.75, 3.05) is 7.05 Å². The zero-order valence-electron chi connectivity index (χ0n) is 13.5. The van der Waals surface area contributed by atoms with Crippen molar-refractivity contribution in [1.29, 1.82) is 0 Å². The van der Waals surface area contributed by atoms with Gasteiger partial charge in [0.2, 0.25) is 0 Å². The first-order valence-electron chi connectivity index (χ1n) is 8.15. The lowest BCUT2D eigenvalue weighted by Crippen LogP contribution is -2.49. The Labute approximate surface area is 146 Å². The molecule has 2 fully saturated rings. The smallest absolute Gasteiger partial charge is 0.311 e. The molecule has 22 heavy (non-hydrogen) atoms. The third kappa shape index (κ3) is 3.04. The monoisotopic (exact) mass is 413 g/mol. The Morgan fingerprint density at radius 2 is 1.95 bits per heavy atom. The van der Waals surface area contributed by atoms with Crippen molar-refractivity contribution in [2.24, 2.45) is 5.92 Å². The summed E-state index contributed by atoms with van der Waals surface area (Å²) in [7, 11) is 2.17. The largest absolute Gasteiger partial charge is 0.463 e. The van der Waals surface area contributed by atoms with Gasteiger partial charge in [-0.1, -0.05) is 12.1 Å². The first-order valence-corrected chi connectivity index (χ1v) is 9.23. The third-order valence-electron chi connectivity index (χ3n) is 5.19. The fourth-order valence-corrected chi connectivity index (χ4v) is 4.51. The van der Waals surface area contributed by atoms with E-state index >= 15 is 0 Å². The van der Waals surface area contributed by atoms with E-state index in [9.17, 15) is 4.79 Å². The maximum atomic E-state index is 12.7. The molecule has 2 aliphatic heterocycles. The summed E-state index contributed by atoms with van der Waals surface area (Å²) in [6.07, 6.45) is 3.33. The third-order valence-corrected chi connectivity index (χ3v) is 5.91. The molecule has 0 N–H and O–H groups in total. The number of rotatable bonds is 3. The molecule has 3 nitrogen and oxygen atoms in total. The summed E-state index contributed by atoms with van der Waals surface area (Å²) in [6.45, 7) is 3.86. The molecule has 1 aromatic rings. The highest BCUT2D eigenvalue weighted by atomic mass is 127. The van der Waals surface area contributed by atoms with Crippen LogP contribution in [0.25, 0.3) is 0 Å². The maximum absolute atomic E-state index is 12.7. The van der Waals surface area contributed by atoms with Gasteiger partial charge in [0.1, 0.15) is 0 Å². The average Bonchev–Trinajstić information content (AvgIpc) is 2.71. The van der Waals surface area contributed by atoms with Crippen molar-refractivity contribution in [3.8, 4) is 0 Å². The SMILES string of the molecule is CC(C)OC(=O)C1C(c2ccc(I)cc2)C[C@H]2CCC1N2C. The number of esters is 1. The average molecular weight is 413 g/mol. The van der Waals surface area contributed by atoms with Gasteiger partial charge in [0.15, 0.2) is 0 Å². The van der Waals surface area contributed by atoms with Crippen molar-refractivity contribution >= 4 is 28.6 Å². The van der Waals surface area contributed by atoms with E-state index < -0.39 is 0 Å². The number of carbonyl (C=O) groups excluding carboxylic acids is 1. The molecule has 2 heterocycles. The van der Waals surface area contributed by atoms with Gasteiger partial charge in [0, 0.05) is 21.6 Å². The van der Waals surface area contributed by atoms with E-state index in [-0.39, 0.29) is 23.9 Å². The molecular formula is C18H24INO2. The second-order valence-electron chi connectivity index (χ2n) is 6.87. The molecule has 3 unspecified atom stereocenters. The highest BCUT2D eigenvalue weighted by molar-refractivity contribution is 14.1. The van der Waals surface area contributed by atoms with Crippen LogP contribution in [0.3, 0.4) is 0 Å². The van der Waals surface area contributed by atoms with Crippen LogP contribution in [0.1, 0.15) is 44.6 Å². The van der Waals surface area contributed by atoms with E-state index in [4.69, 9.17) is 4.74 Å². The van der Waals surface area contributed by atoms with Crippen molar-refractivity contribution in [1.82, 2.24) is 4.90 Å². The summed E-state index contributed by atoms with van der Waals surface area (Å²) in [4.78, 5) is 15.2. The summed E-state index contributed by atoms with van der Waals surface area (Å²) in [5.74, 6) is 0.235. The van der Waals surface area contributed by atoms with E-state index in [1.807, 2.05) is 13.8 Å². The van der Waals surface area contributed by atoms with Crippen molar-refractivity contribution in [3.63, 3.8) is 0 Å². The Balaban J connectivity index is 1.91. The number of fused-ring (bicyclic) bond motifs is 2. The Kier molecular flexibility index (Phi) is 4.78. The number of hydrogen-bond donors (Lipinski definition) is 0. The molecule has 4 atom stereocenters. The summed E-state index contributed by atoms with van der Waals surface area (Å²) in [5.41, 5.74) is 1.29. The number of nitrogens with zero attached hydrogens (tertiary/aromatic N) is 1. The molecule has 0 spiro atoms. The highest BCUT2D eigenvalue weighted by Gasteiger charge is 2.49. The zero-order chi connectivity index (χ0) is 15.9. The standard InChI is InChI=1S/C18H24INO2/c1-11(2)22-18(21)17-15(12-4-6-13(19)7-5-12)10-14-8-9-16(17)20(14)3/h4-7,11,14-17H,8-10H2,1-3H3/t14-,15?,16?,17?/m1/s1. The fraction of sp³-hybridized carbons (Fsp3) is 0.611. The number of halogens is 1. The molecule has 4 heteroatoms. The minimum atomic E-state index is -0.0469. The van der Waals surface area contributed by atoms with Gasteiger partial charge in [0.25, 0.3) is 0 Å². The van der Waals surface area contributed by atoms with Crippen molar-refractivity contribution in [3.05, 3.63) is 33.4 Å². The number of carbonyl (C=O) groups is 1. The normalized spacial score (nSPS) is 31.5. The van der Waals surface area contributed by atoms with Crippen LogP contribution in [0.5, 0.6) is 0 Å². The quantitative estimate of drug-likeness (QED) is 0.558. The van der Waals surface area contributed by atoms with Gasteiger partial charge in [0.05, 0.1) is 12.0 Å². The Hall–Kier alpha value is -0.620. The summed E-state index contributed by atoms with van der Waals surface area (Å²) >= 11 is 2.33. The van der Waals surface area contributed by atoms with Crippen LogP contribution >= 0.6 is 22.6 Å². The number of benzene rings is 1. The van der Waals surface area contributed by atoms with Crippen LogP contribution < -0.4 is 0 Å². The highest BCUT2D eigenvalue weighted by Crippen LogP contribution is 2.46. The molecule has 2 bridgehead atoms. The molecule has 0 radical (unpaired) electrons. The molecule has 0 saturated carbocycles. The zero-order valence-corrected chi connectivity index (χ0v) is 15.6. The van der Waals surface area contributed by atoms with Gasteiger partial charge in [-0.15, -0.1) is 0 Å². The lowest BCUT2D eigenvalue weighted by Gasteiger charge is -2.42. The molecular weight excluding hydrogens is 389 g/mol. The second-order valence-corrected chi connectivity index (χ2v) is 8.11. The molecule has 2 saturated heterocycles. The predicted molar refractivity (Wildman–Crippen MR) is 95.8 cm³/mol. The maximum Gasteiger partial charge on any atom is 0.311 e. The van der Waals surface area contributed by atoms with Crippen LogP contribution in [-0.4, -0.2) is 36.1 Å². The van der Waals surface area contributed by atoms with E-state index in [1.54, 1.807) is 0 Å². The molecule has 120 valence electrons. The topological polar surface area (TPSA) is 29.5 Å². The van der Waals surface area contributed by atoms with Gasteiger partial charge >= 0.3 is 5.97 Å². The first-order chi connectivity index (χ1) is 10.5. The Morgan fingerprint density at radius 1 is 1.27 bits per heavy atom. The molecule has 0 amide bonds. The summed E-state index contributed by atoms with van der Waals surface area (Å²) in [6, 6.07) is 9.59. The fourth-order valence-electron chi connectivity index (χ4n) is 4.15. The van der Waals surface area contributed by atoms with Crippen LogP contribution in [0.4, 0.5) is 0 Å². The van der Waals surface area contributed by atoms with Gasteiger partial charge in [-0.3, -0.25) is 9.69 Å².